The van der Waals surface area contributed by atoms with Gasteiger partial charge in [0, 0.05) is 29.1 Å². The van der Waals surface area contributed by atoms with Crippen molar-refractivity contribution < 1.29 is 19.1 Å². The Morgan fingerprint density at radius 1 is 1.30 bits per heavy atom. The van der Waals surface area contributed by atoms with Crippen molar-refractivity contribution >= 4 is 28.7 Å². The molecule has 7 heteroatoms. The smallest absolute Gasteiger partial charge is 0.238 e. The predicted octanol–water partition coefficient (Wildman–Crippen LogP) is 3.63. The van der Waals surface area contributed by atoms with E-state index in [1.807, 2.05) is 0 Å². The summed E-state index contributed by atoms with van der Waals surface area (Å²) in [5.74, 6) is 0.817. The maximum atomic E-state index is 12.7. The van der Waals surface area contributed by atoms with E-state index in [1.165, 1.54) is 17.4 Å². The highest BCUT2D eigenvalue weighted by Gasteiger charge is 2.28. The number of ether oxygens (including phenoxy) is 2. The van der Waals surface area contributed by atoms with Gasteiger partial charge in [0.15, 0.2) is 17.3 Å². The lowest BCUT2D eigenvalue weighted by atomic mass is 9.98. The summed E-state index contributed by atoms with van der Waals surface area (Å²) in [6.07, 6.45) is 1.93. The Hall–Kier alpha value is -2.38. The zero-order valence-electron chi connectivity index (χ0n) is 15.4. The van der Waals surface area contributed by atoms with Gasteiger partial charge in [-0.3, -0.25) is 14.5 Å². The topological polar surface area (TPSA) is 67.9 Å². The number of carbonyl (C=O) groups excluding carboxylic acids is 2. The van der Waals surface area contributed by atoms with E-state index in [2.05, 4.69) is 28.6 Å². The van der Waals surface area contributed by atoms with E-state index in [4.69, 9.17) is 9.47 Å². The lowest BCUT2D eigenvalue weighted by Crippen LogP contribution is -2.40. The van der Waals surface area contributed by atoms with Crippen LogP contribution in [-0.2, 0) is 11.2 Å². The summed E-state index contributed by atoms with van der Waals surface area (Å²) in [7, 11) is 0. The van der Waals surface area contributed by atoms with Crippen LogP contribution in [0.4, 0.5) is 5.69 Å². The van der Waals surface area contributed by atoms with Gasteiger partial charge in [-0.05, 0) is 42.8 Å². The fourth-order valence-corrected chi connectivity index (χ4v) is 4.75. The molecule has 1 unspecified atom stereocenters. The number of hydrogen-bond acceptors (Lipinski definition) is 6. The van der Waals surface area contributed by atoms with Crippen LogP contribution < -0.4 is 14.8 Å². The molecule has 1 aromatic carbocycles. The maximum absolute atomic E-state index is 12.7. The molecule has 1 N–H and O–H groups in total. The van der Waals surface area contributed by atoms with Gasteiger partial charge in [0.2, 0.25) is 12.7 Å². The second-order valence-corrected chi connectivity index (χ2v) is 7.80. The predicted molar refractivity (Wildman–Crippen MR) is 104 cm³/mol. The number of fused-ring (bicyclic) bond motifs is 2. The molecule has 0 saturated carbocycles. The number of ketones is 1. The summed E-state index contributed by atoms with van der Waals surface area (Å²) < 4.78 is 10.7. The quantitative estimate of drug-likeness (QED) is 0.795. The fourth-order valence-electron chi connectivity index (χ4n) is 3.83. The third-order valence-electron chi connectivity index (χ3n) is 5.11. The Bertz CT molecular complexity index is 892. The Kier molecular flexibility index (Phi) is 4.88. The monoisotopic (exact) mass is 386 g/mol. The van der Waals surface area contributed by atoms with E-state index in [0.717, 1.165) is 19.4 Å². The standard InChI is InChI=1S/C20H22N2O4S/c1-3-16-13-5-7-27-19(13)4-6-22(16)10-20(24)21-15-9-18-17(25-11-26-18)8-14(15)12(2)23/h5,7-9,16H,3-4,6,10-11H2,1-2H3,(H,21,24). The average molecular weight is 386 g/mol. The van der Waals surface area contributed by atoms with Gasteiger partial charge in [-0.2, -0.15) is 0 Å². The zero-order valence-corrected chi connectivity index (χ0v) is 16.2. The molecular weight excluding hydrogens is 364 g/mol. The number of rotatable bonds is 5. The van der Waals surface area contributed by atoms with Crippen LogP contribution in [0.5, 0.6) is 11.5 Å². The first-order valence-corrected chi connectivity index (χ1v) is 9.99. The number of thiophene rings is 1. The van der Waals surface area contributed by atoms with E-state index in [9.17, 15) is 9.59 Å². The number of amides is 1. The number of carbonyl (C=O) groups is 2. The fraction of sp³-hybridized carbons (Fsp3) is 0.400. The third-order valence-corrected chi connectivity index (χ3v) is 6.10. The SMILES string of the molecule is CCC1c2ccsc2CCN1CC(=O)Nc1cc2c(cc1C(C)=O)OCO2. The Morgan fingerprint density at radius 2 is 2.07 bits per heavy atom. The first-order chi connectivity index (χ1) is 13.1. The molecule has 0 bridgehead atoms. The molecule has 1 aromatic heterocycles. The molecule has 27 heavy (non-hydrogen) atoms. The van der Waals surface area contributed by atoms with Crippen LogP contribution in [0.25, 0.3) is 0 Å². The van der Waals surface area contributed by atoms with Crippen LogP contribution in [0.15, 0.2) is 23.6 Å². The van der Waals surface area contributed by atoms with Gasteiger partial charge >= 0.3 is 0 Å². The van der Waals surface area contributed by atoms with Crippen molar-refractivity contribution in [3.63, 3.8) is 0 Å². The van der Waals surface area contributed by atoms with Gasteiger partial charge in [0.05, 0.1) is 12.2 Å². The summed E-state index contributed by atoms with van der Waals surface area (Å²) in [6, 6.07) is 5.73. The molecule has 0 saturated heterocycles. The largest absolute Gasteiger partial charge is 0.454 e. The van der Waals surface area contributed by atoms with E-state index < -0.39 is 0 Å². The van der Waals surface area contributed by atoms with Crippen LogP contribution in [0, 0.1) is 0 Å². The van der Waals surface area contributed by atoms with Gasteiger partial charge in [-0.1, -0.05) is 6.92 Å². The van der Waals surface area contributed by atoms with Crippen molar-refractivity contribution in [2.45, 2.75) is 32.7 Å². The molecule has 0 fully saturated rings. The highest BCUT2D eigenvalue weighted by molar-refractivity contribution is 7.10. The molecule has 4 rings (SSSR count). The van der Waals surface area contributed by atoms with Crippen molar-refractivity contribution in [1.29, 1.82) is 0 Å². The van der Waals surface area contributed by atoms with Gasteiger partial charge in [-0.25, -0.2) is 0 Å². The molecule has 2 aliphatic heterocycles. The molecule has 6 nitrogen and oxygen atoms in total. The molecule has 1 atom stereocenters. The minimum atomic E-state index is -0.131. The molecule has 0 spiro atoms. The highest BCUT2D eigenvalue weighted by atomic mass is 32.1. The summed E-state index contributed by atoms with van der Waals surface area (Å²) >= 11 is 1.79. The number of hydrogen-bond donors (Lipinski definition) is 1. The van der Waals surface area contributed by atoms with Crippen LogP contribution in [0.2, 0.25) is 0 Å². The molecule has 0 aliphatic carbocycles. The Morgan fingerprint density at radius 3 is 2.81 bits per heavy atom. The van der Waals surface area contributed by atoms with Crippen molar-refractivity contribution in [3.05, 3.63) is 39.6 Å². The van der Waals surface area contributed by atoms with Crippen molar-refractivity contribution in [1.82, 2.24) is 4.90 Å². The molecule has 2 aromatic rings. The van der Waals surface area contributed by atoms with Crippen LogP contribution in [0.1, 0.15) is 47.1 Å². The molecular formula is C20H22N2O4S. The first kappa shape index (κ1) is 18.0. The lowest BCUT2D eigenvalue weighted by molar-refractivity contribution is -0.118. The van der Waals surface area contributed by atoms with E-state index >= 15 is 0 Å². The highest BCUT2D eigenvalue weighted by Crippen LogP contribution is 2.38. The Labute approximate surface area is 162 Å². The minimum Gasteiger partial charge on any atom is -0.454 e. The van der Waals surface area contributed by atoms with Crippen LogP contribution in [0.3, 0.4) is 0 Å². The average Bonchev–Trinajstić information content (AvgIpc) is 3.29. The van der Waals surface area contributed by atoms with Gasteiger partial charge in [0.25, 0.3) is 0 Å². The van der Waals surface area contributed by atoms with Gasteiger partial charge < -0.3 is 14.8 Å². The van der Waals surface area contributed by atoms with Crippen LogP contribution >= 0.6 is 11.3 Å². The summed E-state index contributed by atoms with van der Waals surface area (Å²) in [5.41, 5.74) is 2.24. The summed E-state index contributed by atoms with van der Waals surface area (Å²) in [5, 5.41) is 5.02. The Balaban J connectivity index is 1.51. The van der Waals surface area contributed by atoms with E-state index in [1.54, 1.807) is 23.5 Å². The molecule has 0 radical (unpaired) electrons. The van der Waals surface area contributed by atoms with Crippen molar-refractivity contribution in [3.8, 4) is 11.5 Å². The number of Topliss-reactive ketones (excluding diaryl/α,β-unsaturated/α-hetero) is 1. The first-order valence-electron chi connectivity index (χ1n) is 9.11. The minimum absolute atomic E-state index is 0.124. The second kappa shape index (κ2) is 7.32. The van der Waals surface area contributed by atoms with Gasteiger partial charge in [0.1, 0.15) is 0 Å². The number of nitrogens with one attached hydrogen (secondary N) is 1. The normalized spacial score (nSPS) is 18.2. The summed E-state index contributed by atoms with van der Waals surface area (Å²) in [4.78, 5) is 28.4. The van der Waals surface area contributed by atoms with E-state index in [0.29, 0.717) is 29.3 Å². The molecule has 142 valence electrons. The summed E-state index contributed by atoms with van der Waals surface area (Å²) in [6.45, 7) is 4.90. The molecule has 1 amide bonds. The molecule has 2 aliphatic rings. The zero-order chi connectivity index (χ0) is 19.0. The second-order valence-electron chi connectivity index (χ2n) is 6.80. The molecule has 3 heterocycles. The van der Waals surface area contributed by atoms with Crippen molar-refractivity contribution in [2.75, 3.05) is 25.2 Å². The van der Waals surface area contributed by atoms with E-state index in [-0.39, 0.29) is 24.5 Å². The number of nitrogens with zero attached hydrogens (tertiary/aromatic N) is 1. The lowest BCUT2D eigenvalue weighted by Gasteiger charge is -2.34. The van der Waals surface area contributed by atoms with Crippen molar-refractivity contribution in [2.24, 2.45) is 0 Å². The van der Waals surface area contributed by atoms with Gasteiger partial charge in [-0.15, -0.1) is 11.3 Å². The number of benzene rings is 1. The van der Waals surface area contributed by atoms with Crippen LogP contribution in [-0.4, -0.2) is 36.5 Å². The maximum Gasteiger partial charge on any atom is 0.238 e. The number of anilines is 1. The third kappa shape index (κ3) is 3.44.